The molecule has 29 heavy (non-hydrogen) atoms. The first-order chi connectivity index (χ1) is 13.7. The third-order valence-electron chi connectivity index (χ3n) is 4.15. The van der Waals surface area contributed by atoms with Gasteiger partial charge < -0.3 is 15.6 Å². The number of aryl methyl sites for hydroxylation is 1. The maximum absolute atomic E-state index is 12.7. The first-order valence-corrected chi connectivity index (χ1v) is 10.3. The number of amides is 2. The molecule has 0 bridgehead atoms. The van der Waals surface area contributed by atoms with Gasteiger partial charge in [-0.1, -0.05) is 37.7 Å². The van der Waals surface area contributed by atoms with Crippen LogP contribution in [0.3, 0.4) is 0 Å². The summed E-state index contributed by atoms with van der Waals surface area (Å²) >= 11 is 1.29. The fourth-order valence-corrected chi connectivity index (χ4v) is 3.60. The Bertz CT molecular complexity index is 894. The minimum absolute atomic E-state index is 0.114. The zero-order valence-electron chi connectivity index (χ0n) is 17.1. The van der Waals surface area contributed by atoms with Gasteiger partial charge in [-0.3, -0.25) is 14.4 Å². The molecule has 9 heteroatoms. The molecule has 8 nitrogen and oxygen atoms in total. The third-order valence-corrected chi connectivity index (χ3v) is 5.23. The summed E-state index contributed by atoms with van der Waals surface area (Å²) in [5.74, 6) is 0.271. The monoisotopic (exact) mass is 417 g/mol. The second-order valence-electron chi connectivity index (χ2n) is 7.22. The van der Waals surface area contributed by atoms with Gasteiger partial charge in [-0.25, -0.2) is 0 Å². The van der Waals surface area contributed by atoms with Gasteiger partial charge in [0.2, 0.25) is 11.8 Å². The number of thioether (sulfide) groups is 1. The van der Waals surface area contributed by atoms with E-state index < -0.39 is 11.2 Å². The molecule has 2 rings (SSSR count). The number of rotatable bonds is 10. The normalized spacial score (nSPS) is 12.0. The number of primary amides is 1. The standard InChI is InChI=1S/C20H27N5O3S/c1-12(2)11-25-18(10-9-17(21)27)23-24-20(25)29-14(4)19(28)22-16-8-6-5-7-15(16)13(3)26/h5-8,12,14H,9-11H2,1-4H3,(H2,21,27)(H,22,28)/t14-/m1/s1. The molecule has 0 saturated carbocycles. The van der Waals surface area contributed by atoms with Crippen molar-refractivity contribution in [2.75, 3.05) is 5.32 Å². The second kappa shape index (κ2) is 10.2. The fourth-order valence-electron chi connectivity index (χ4n) is 2.72. The zero-order chi connectivity index (χ0) is 21.6. The van der Waals surface area contributed by atoms with Crippen molar-refractivity contribution in [3.8, 4) is 0 Å². The van der Waals surface area contributed by atoms with E-state index in [-0.39, 0.29) is 18.1 Å². The van der Waals surface area contributed by atoms with Crippen molar-refractivity contribution in [2.45, 2.75) is 57.5 Å². The molecule has 0 aliphatic rings. The minimum Gasteiger partial charge on any atom is -0.370 e. The SMILES string of the molecule is CC(=O)c1ccccc1NC(=O)[C@@H](C)Sc1nnc(CCC(N)=O)n1CC(C)C. The number of Topliss-reactive ketones (excluding diaryl/α,β-unsaturated/α-hetero) is 1. The second-order valence-corrected chi connectivity index (χ2v) is 8.53. The van der Waals surface area contributed by atoms with Gasteiger partial charge in [0, 0.05) is 24.9 Å². The topological polar surface area (TPSA) is 120 Å². The van der Waals surface area contributed by atoms with Crippen molar-refractivity contribution in [1.82, 2.24) is 14.8 Å². The van der Waals surface area contributed by atoms with Crippen LogP contribution in [0.15, 0.2) is 29.4 Å². The lowest BCUT2D eigenvalue weighted by atomic mass is 10.1. The van der Waals surface area contributed by atoms with E-state index in [4.69, 9.17) is 5.73 Å². The number of carbonyl (C=O) groups is 3. The molecular weight excluding hydrogens is 390 g/mol. The Morgan fingerprint density at radius 2 is 1.86 bits per heavy atom. The molecule has 1 aromatic carbocycles. The number of hydrogen-bond donors (Lipinski definition) is 2. The molecule has 0 fully saturated rings. The van der Waals surface area contributed by atoms with Crippen molar-refractivity contribution in [1.29, 1.82) is 0 Å². The minimum atomic E-state index is -0.464. The van der Waals surface area contributed by atoms with Gasteiger partial charge in [0.25, 0.3) is 0 Å². The summed E-state index contributed by atoms with van der Waals surface area (Å²) in [7, 11) is 0. The van der Waals surface area contributed by atoms with Crippen molar-refractivity contribution in [3.63, 3.8) is 0 Å². The first-order valence-electron chi connectivity index (χ1n) is 9.46. The van der Waals surface area contributed by atoms with Crippen LogP contribution in [0.1, 0.15) is 50.3 Å². The van der Waals surface area contributed by atoms with Crippen LogP contribution in [0, 0.1) is 5.92 Å². The Balaban J connectivity index is 2.15. The van der Waals surface area contributed by atoms with Crippen molar-refractivity contribution in [3.05, 3.63) is 35.7 Å². The number of hydrogen-bond acceptors (Lipinski definition) is 6. The van der Waals surface area contributed by atoms with E-state index in [9.17, 15) is 14.4 Å². The maximum Gasteiger partial charge on any atom is 0.237 e. The van der Waals surface area contributed by atoms with E-state index in [1.807, 2.05) is 4.57 Å². The van der Waals surface area contributed by atoms with E-state index in [0.29, 0.717) is 41.1 Å². The summed E-state index contributed by atoms with van der Waals surface area (Å²) in [6.07, 6.45) is 0.598. The summed E-state index contributed by atoms with van der Waals surface area (Å²) in [4.78, 5) is 35.6. The lowest BCUT2D eigenvalue weighted by Gasteiger charge is -2.16. The summed E-state index contributed by atoms with van der Waals surface area (Å²) in [6, 6.07) is 6.91. The number of nitrogens with two attached hydrogens (primary N) is 1. The quantitative estimate of drug-likeness (QED) is 0.453. The largest absolute Gasteiger partial charge is 0.370 e. The van der Waals surface area contributed by atoms with E-state index in [1.54, 1.807) is 31.2 Å². The molecule has 3 N–H and O–H groups in total. The first kappa shape index (κ1) is 22.6. The Hall–Kier alpha value is -2.68. The molecule has 1 heterocycles. The van der Waals surface area contributed by atoms with Gasteiger partial charge >= 0.3 is 0 Å². The van der Waals surface area contributed by atoms with Crippen LogP contribution in [0.25, 0.3) is 0 Å². The lowest BCUT2D eigenvalue weighted by Crippen LogP contribution is -2.24. The molecule has 0 saturated heterocycles. The van der Waals surface area contributed by atoms with Crippen LogP contribution >= 0.6 is 11.8 Å². The average molecular weight is 418 g/mol. The van der Waals surface area contributed by atoms with E-state index in [0.717, 1.165) is 0 Å². The predicted molar refractivity (Wildman–Crippen MR) is 113 cm³/mol. The fraction of sp³-hybridized carbons (Fsp3) is 0.450. The van der Waals surface area contributed by atoms with Crippen LogP contribution in [-0.2, 0) is 22.6 Å². The predicted octanol–water partition coefficient (Wildman–Crippen LogP) is 2.67. The Morgan fingerprint density at radius 1 is 1.17 bits per heavy atom. The van der Waals surface area contributed by atoms with E-state index >= 15 is 0 Å². The molecule has 2 aromatic rings. The third kappa shape index (κ3) is 6.42. The number of carbonyl (C=O) groups excluding carboxylic acids is 3. The van der Waals surface area contributed by atoms with Gasteiger partial charge in [-0.05, 0) is 31.9 Å². The number of anilines is 1. The molecule has 0 spiro atoms. The van der Waals surface area contributed by atoms with Crippen molar-refractivity contribution >= 4 is 35.0 Å². The Morgan fingerprint density at radius 3 is 2.48 bits per heavy atom. The highest BCUT2D eigenvalue weighted by molar-refractivity contribution is 8.00. The van der Waals surface area contributed by atoms with Crippen LogP contribution in [0.4, 0.5) is 5.69 Å². The van der Waals surface area contributed by atoms with Gasteiger partial charge in [0.1, 0.15) is 5.82 Å². The summed E-state index contributed by atoms with van der Waals surface area (Å²) in [5.41, 5.74) is 6.20. The molecule has 0 aliphatic carbocycles. The molecule has 0 unspecified atom stereocenters. The average Bonchev–Trinajstić information content (AvgIpc) is 3.01. The Labute approximate surface area is 174 Å². The van der Waals surface area contributed by atoms with E-state index in [2.05, 4.69) is 29.4 Å². The summed E-state index contributed by atoms with van der Waals surface area (Å²) in [6.45, 7) is 8.05. The lowest BCUT2D eigenvalue weighted by molar-refractivity contribution is -0.118. The van der Waals surface area contributed by atoms with Crippen molar-refractivity contribution in [2.24, 2.45) is 11.7 Å². The zero-order valence-corrected chi connectivity index (χ0v) is 18.0. The highest BCUT2D eigenvalue weighted by atomic mass is 32.2. The molecule has 2 amide bonds. The number of ketones is 1. The number of nitrogens with one attached hydrogen (secondary N) is 1. The summed E-state index contributed by atoms with van der Waals surface area (Å²) < 4.78 is 1.94. The molecule has 1 atom stereocenters. The molecular formula is C20H27N5O3S. The highest BCUT2D eigenvalue weighted by Gasteiger charge is 2.22. The molecule has 0 radical (unpaired) electrons. The number of aromatic nitrogens is 3. The van der Waals surface area contributed by atoms with Crippen LogP contribution < -0.4 is 11.1 Å². The van der Waals surface area contributed by atoms with Gasteiger partial charge in [-0.2, -0.15) is 0 Å². The highest BCUT2D eigenvalue weighted by Crippen LogP contribution is 2.25. The molecule has 1 aromatic heterocycles. The Kier molecular flexibility index (Phi) is 7.95. The van der Waals surface area contributed by atoms with Gasteiger partial charge in [-0.15, -0.1) is 10.2 Å². The van der Waals surface area contributed by atoms with Crippen LogP contribution in [0.5, 0.6) is 0 Å². The smallest absolute Gasteiger partial charge is 0.237 e. The van der Waals surface area contributed by atoms with Crippen LogP contribution in [-0.4, -0.2) is 37.6 Å². The number of para-hydroxylation sites is 1. The van der Waals surface area contributed by atoms with Gasteiger partial charge in [0.05, 0.1) is 10.9 Å². The van der Waals surface area contributed by atoms with Crippen LogP contribution in [0.2, 0.25) is 0 Å². The number of benzene rings is 1. The van der Waals surface area contributed by atoms with Gasteiger partial charge in [0.15, 0.2) is 10.9 Å². The molecule has 0 aliphatic heterocycles. The van der Waals surface area contributed by atoms with E-state index in [1.165, 1.54) is 18.7 Å². The molecule has 156 valence electrons. The summed E-state index contributed by atoms with van der Waals surface area (Å²) in [5, 5.41) is 11.4. The maximum atomic E-state index is 12.7. The number of nitrogens with zero attached hydrogens (tertiary/aromatic N) is 3. The van der Waals surface area contributed by atoms with Crippen molar-refractivity contribution < 1.29 is 14.4 Å².